The van der Waals surface area contributed by atoms with Gasteiger partial charge in [0, 0.05) is 6.54 Å². The first kappa shape index (κ1) is 41.2. The molecule has 0 spiro atoms. The lowest BCUT2D eigenvalue weighted by Gasteiger charge is -2.32. The maximum absolute atomic E-state index is 13.0. The third kappa shape index (κ3) is 12.0. The highest BCUT2D eigenvalue weighted by molar-refractivity contribution is 7.92. The Morgan fingerprint density at radius 1 is 1.00 bits per heavy atom. The summed E-state index contributed by atoms with van der Waals surface area (Å²) in [5, 5.41) is 8.81. The summed E-state index contributed by atoms with van der Waals surface area (Å²) in [6.07, 6.45) is 4.06. The zero-order chi connectivity index (χ0) is 38.1. The van der Waals surface area contributed by atoms with Crippen molar-refractivity contribution in [2.45, 2.75) is 69.6 Å². The van der Waals surface area contributed by atoms with E-state index in [1.54, 1.807) is 38.1 Å². The van der Waals surface area contributed by atoms with Crippen LogP contribution in [-0.4, -0.2) is 101 Å². The topological polar surface area (TPSA) is 178 Å². The molecule has 2 aromatic carbocycles. The smallest absolute Gasteiger partial charge is 0.264 e. The fraction of sp³-hybridized carbons (Fsp3) is 0.514. The van der Waals surface area contributed by atoms with Crippen molar-refractivity contribution >= 4 is 60.6 Å². The number of carbonyl (C=O) groups is 1. The molecule has 3 N–H and O–H groups in total. The van der Waals surface area contributed by atoms with Crippen LogP contribution >= 0.6 is 11.6 Å². The van der Waals surface area contributed by atoms with E-state index in [9.17, 15) is 21.6 Å². The standard InChI is InChI=1S/C35H49ClN6O8S2/c1-23(2)50-31-20-27(26-11-14-42(15-12-26)22-33(43)37-13-16-48-17-18-49-51(6,44)45)25(5)19-30(31)40-35-38-21-28(36)34(41-35)39-29-9-7-8-10-32(29)52(46,47)24(3)4/h7-10,19-21,23-24,26H,11-18,22H2,1-6H3,(H,37,43)(H2,38,39,40,41). The number of hydrogen-bond acceptors (Lipinski definition) is 13. The van der Waals surface area contributed by atoms with Crippen molar-refractivity contribution in [3.05, 3.63) is 58.7 Å². The van der Waals surface area contributed by atoms with E-state index in [2.05, 4.69) is 48.0 Å². The predicted octanol–water partition coefficient (Wildman–Crippen LogP) is 5.18. The quantitative estimate of drug-likeness (QED) is 0.114. The number of nitrogens with one attached hydrogen (secondary N) is 3. The summed E-state index contributed by atoms with van der Waals surface area (Å²) in [6.45, 7) is 11.7. The predicted molar refractivity (Wildman–Crippen MR) is 202 cm³/mol. The first-order valence-electron chi connectivity index (χ1n) is 17.2. The number of rotatable bonds is 18. The third-order valence-corrected chi connectivity index (χ3v) is 11.4. The minimum Gasteiger partial charge on any atom is -0.489 e. The fourth-order valence-electron chi connectivity index (χ4n) is 5.70. The highest BCUT2D eigenvalue weighted by Crippen LogP contribution is 2.38. The first-order valence-corrected chi connectivity index (χ1v) is 20.9. The molecule has 1 fully saturated rings. The molecule has 1 aliphatic heterocycles. The van der Waals surface area contributed by atoms with Crippen LogP contribution in [-0.2, 0) is 33.7 Å². The van der Waals surface area contributed by atoms with E-state index in [-0.39, 0.29) is 66.0 Å². The summed E-state index contributed by atoms with van der Waals surface area (Å²) in [4.78, 5) is 23.7. The summed E-state index contributed by atoms with van der Waals surface area (Å²) in [7, 11) is -7.07. The maximum Gasteiger partial charge on any atom is 0.264 e. The summed E-state index contributed by atoms with van der Waals surface area (Å²) in [5.74, 6) is 1.31. The normalized spacial score (nSPS) is 14.5. The molecule has 2 heterocycles. The van der Waals surface area contributed by atoms with E-state index in [0.29, 0.717) is 23.7 Å². The van der Waals surface area contributed by atoms with Crippen molar-refractivity contribution in [3.8, 4) is 5.75 Å². The van der Waals surface area contributed by atoms with Crippen molar-refractivity contribution in [2.75, 3.05) is 62.9 Å². The van der Waals surface area contributed by atoms with E-state index in [0.717, 1.165) is 37.8 Å². The highest BCUT2D eigenvalue weighted by Gasteiger charge is 2.26. The van der Waals surface area contributed by atoms with E-state index in [1.165, 1.54) is 11.8 Å². The Morgan fingerprint density at radius 3 is 2.38 bits per heavy atom. The van der Waals surface area contributed by atoms with Crippen molar-refractivity contribution < 1.29 is 35.3 Å². The number of benzene rings is 2. The van der Waals surface area contributed by atoms with Gasteiger partial charge in [0.2, 0.25) is 11.9 Å². The molecule has 1 amide bonds. The number of anilines is 4. The van der Waals surface area contributed by atoms with Gasteiger partial charge in [0.15, 0.2) is 15.7 Å². The van der Waals surface area contributed by atoms with Gasteiger partial charge in [0.25, 0.3) is 10.1 Å². The molecule has 0 aliphatic carbocycles. The SMILES string of the molecule is Cc1cc(Nc2ncc(Cl)c(Nc3ccccc3S(=O)(=O)C(C)C)n2)c(OC(C)C)cc1C1CCN(CC(=O)NCCOCCOS(C)(=O)=O)CC1. The van der Waals surface area contributed by atoms with E-state index in [1.807, 2.05) is 19.9 Å². The summed E-state index contributed by atoms with van der Waals surface area (Å²) in [5.41, 5.74) is 3.27. The largest absolute Gasteiger partial charge is 0.489 e. The van der Waals surface area contributed by atoms with Crippen molar-refractivity contribution in [3.63, 3.8) is 0 Å². The Hall–Kier alpha value is -3.54. The molecule has 17 heteroatoms. The van der Waals surface area contributed by atoms with Crippen molar-refractivity contribution in [1.82, 2.24) is 20.2 Å². The number of carbonyl (C=O) groups excluding carboxylic acids is 1. The molecule has 0 unspecified atom stereocenters. The second kappa shape index (κ2) is 18.5. The molecule has 4 rings (SSSR count). The Bertz CT molecular complexity index is 1900. The molecule has 0 saturated carbocycles. The van der Waals surface area contributed by atoms with E-state index < -0.39 is 25.2 Å². The van der Waals surface area contributed by atoms with Crippen LogP contribution in [0, 0.1) is 6.92 Å². The molecule has 1 aromatic heterocycles. The molecule has 0 atom stereocenters. The number of amides is 1. The number of ether oxygens (including phenoxy) is 2. The van der Waals surface area contributed by atoms with Gasteiger partial charge in [0.1, 0.15) is 10.8 Å². The number of likely N-dealkylation sites (tertiary alicyclic amines) is 1. The summed E-state index contributed by atoms with van der Waals surface area (Å²) in [6, 6.07) is 10.7. The van der Waals surface area contributed by atoms with E-state index in [4.69, 9.17) is 21.1 Å². The second-order valence-electron chi connectivity index (χ2n) is 13.1. The van der Waals surface area contributed by atoms with Crippen LogP contribution in [0.15, 0.2) is 47.5 Å². The van der Waals surface area contributed by atoms with Gasteiger partial charge in [0.05, 0.1) is 66.4 Å². The minimum atomic E-state index is -3.58. The molecule has 0 bridgehead atoms. The molecule has 286 valence electrons. The number of aromatic nitrogens is 2. The average Bonchev–Trinajstić information content (AvgIpc) is 3.07. The van der Waals surface area contributed by atoms with Crippen LogP contribution in [0.25, 0.3) is 0 Å². The summed E-state index contributed by atoms with van der Waals surface area (Å²) < 4.78 is 64.2. The average molecular weight is 781 g/mol. The zero-order valence-corrected chi connectivity index (χ0v) is 32.8. The number of aryl methyl sites for hydroxylation is 1. The van der Waals surface area contributed by atoms with Gasteiger partial charge >= 0.3 is 0 Å². The number of hydrogen-bond donors (Lipinski definition) is 3. The molecule has 14 nitrogen and oxygen atoms in total. The minimum absolute atomic E-state index is 0.0628. The zero-order valence-electron chi connectivity index (χ0n) is 30.4. The fourth-order valence-corrected chi connectivity index (χ4v) is 7.41. The molecular formula is C35H49ClN6O8S2. The van der Waals surface area contributed by atoms with Gasteiger partial charge in [-0.2, -0.15) is 13.4 Å². The number of nitrogens with zero attached hydrogens (tertiary/aromatic N) is 3. The van der Waals surface area contributed by atoms with Crippen LogP contribution in [0.4, 0.5) is 23.1 Å². The lowest BCUT2D eigenvalue weighted by Crippen LogP contribution is -2.42. The Kier molecular flexibility index (Phi) is 14.6. The second-order valence-corrected chi connectivity index (χ2v) is 17.7. The van der Waals surface area contributed by atoms with Crippen LogP contribution in [0.2, 0.25) is 5.02 Å². The Labute approximate surface area is 312 Å². The number of halogens is 1. The van der Waals surface area contributed by atoms with Gasteiger partial charge in [-0.15, -0.1) is 0 Å². The summed E-state index contributed by atoms with van der Waals surface area (Å²) >= 11 is 6.46. The molecule has 52 heavy (non-hydrogen) atoms. The molecule has 3 aromatic rings. The van der Waals surface area contributed by atoms with Crippen molar-refractivity contribution in [1.29, 1.82) is 0 Å². The van der Waals surface area contributed by atoms with Crippen LogP contribution in [0.3, 0.4) is 0 Å². The molecule has 0 radical (unpaired) electrons. The number of para-hydroxylation sites is 1. The van der Waals surface area contributed by atoms with Gasteiger partial charge in [-0.3, -0.25) is 13.9 Å². The van der Waals surface area contributed by atoms with Gasteiger partial charge in [-0.1, -0.05) is 23.7 Å². The first-order chi connectivity index (χ1) is 24.5. The number of piperidine rings is 1. The molecule has 1 aliphatic rings. The van der Waals surface area contributed by atoms with Crippen LogP contribution in [0.5, 0.6) is 5.75 Å². The monoisotopic (exact) mass is 780 g/mol. The van der Waals surface area contributed by atoms with E-state index >= 15 is 0 Å². The third-order valence-electron chi connectivity index (χ3n) is 8.28. The Balaban J connectivity index is 1.39. The molecule has 1 saturated heterocycles. The van der Waals surface area contributed by atoms with Crippen LogP contribution < -0.4 is 20.7 Å². The maximum atomic E-state index is 13.0. The van der Waals surface area contributed by atoms with Gasteiger partial charge in [-0.05, 0) is 102 Å². The highest BCUT2D eigenvalue weighted by atomic mass is 35.5. The number of sulfone groups is 1. The van der Waals surface area contributed by atoms with Crippen molar-refractivity contribution in [2.24, 2.45) is 0 Å². The lowest BCUT2D eigenvalue weighted by molar-refractivity contribution is -0.122. The van der Waals surface area contributed by atoms with Crippen LogP contribution in [0.1, 0.15) is 57.6 Å². The van der Waals surface area contributed by atoms with Gasteiger partial charge < -0.3 is 25.4 Å². The van der Waals surface area contributed by atoms with Gasteiger partial charge in [-0.25, -0.2) is 13.4 Å². The Morgan fingerprint density at radius 2 is 1.71 bits per heavy atom. The molecular weight excluding hydrogens is 732 g/mol. The lowest BCUT2D eigenvalue weighted by atomic mass is 9.86.